The Morgan fingerprint density at radius 1 is 1.19 bits per heavy atom. The molecule has 1 aliphatic heterocycles. The molecule has 0 unspecified atom stereocenters. The Morgan fingerprint density at radius 2 is 1.96 bits per heavy atom. The van der Waals surface area contributed by atoms with Crippen molar-refractivity contribution >= 4 is 17.5 Å². The smallest absolute Gasteiger partial charge is 0.270 e. The van der Waals surface area contributed by atoms with Crippen molar-refractivity contribution in [2.24, 2.45) is 18.9 Å². The van der Waals surface area contributed by atoms with Gasteiger partial charge in [-0.15, -0.1) is 0 Å². The molecule has 0 bridgehead atoms. The summed E-state index contributed by atoms with van der Waals surface area (Å²) in [5.41, 5.74) is 0.705. The van der Waals surface area contributed by atoms with Gasteiger partial charge in [-0.25, -0.2) is 0 Å². The summed E-state index contributed by atoms with van der Waals surface area (Å²) in [6, 6.07) is 11.0. The van der Waals surface area contributed by atoms with E-state index in [1.165, 1.54) is 0 Å². The molecule has 1 N–H and O–H groups in total. The van der Waals surface area contributed by atoms with Gasteiger partial charge in [-0.05, 0) is 55.0 Å². The van der Waals surface area contributed by atoms with E-state index < -0.39 is 6.10 Å². The monoisotopic (exact) mass is 374 g/mol. The number of benzene rings is 1. The largest absolute Gasteiger partial charge is 0.488 e. The van der Waals surface area contributed by atoms with Crippen LogP contribution in [0.25, 0.3) is 0 Å². The number of nitrogens with zero attached hydrogens (tertiary/aromatic N) is 2. The predicted molar refractivity (Wildman–Crippen MR) is 99.4 cm³/mol. The molecule has 138 valence electrons. The van der Waals surface area contributed by atoms with Crippen molar-refractivity contribution < 1.29 is 14.6 Å². The molecule has 1 saturated carbocycles. The van der Waals surface area contributed by atoms with E-state index in [4.69, 9.17) is 16.3 Å². The van der Waals surface area contributed by atoms with Crippen LogP contribution in [0, 0.1) is 11.8 Å². The van der Waals surface area contributed by atoms with Crippen molar-refractivity contribution in [1.82, 2.24) is 9.47 Å². The lowest BCUT2D eigenvalue weighted by Crippen LogP contribution is -2.42. The molecule has 2 fully saturated rings. The number of amides is 1. The Morgan fingerprint density at radius 3 is 2.65 bits per heavy atom. The highest BCUT2D eigenvalue weighted by Gasteiger charge is 2.44. The van der Waals surface area contributed by atoms with Crippen LogP contribution in [0.15, 0.2) is 42.6 Å². The summed E-state index contributed by atoms with van der Waals surface area (Å²) in [5, 5.41) is 11.2. The van der Waals surface area contributed by atoms with E-state index in [2.05, 4.69) is 0 Å². The van der Waals surface area contributed by atoms with Crippen LogP contribution in [0.3, 0.4) is 0 Å². The number of hydrogen-bond donors (Lipinski definition) is 1. The molecule has 1 saturated heterocycles. The van der Waals surface area contributed by atoms with Crippen LogP contribution in [0.5, 0.6) is 5.75 Å². The summed E-state index contributed by atoms with van der Waals surface area (Å²) >= 11 is 6.01. The van der Waals surface area contributed by atoms with Crippen molar-refractivity contribution in [2.75, 3.05) is 13.1 Å². The first-order chi connectivity index (χ1) is 12.5. The van der Waals surface area contributed by atoms with Crippen LogP contribution in [-0.2, 0) is 7.05 Å². The van der Waals surface area contributed by atoms with Crippen molar-refractivity contribution in [3.05, 3.63) is 53.3 Å². The maximum Gasteiger partial charge on any atom is 0.270 e. The van der Waals surface area contributed by atoms with Gasteiger partial charge >= 0.3 is 0 Å². The second-order valence-electron chi connectivity index (χ2n) is 7.39. The number of likely N-dealkylation sites (tertiary alicyclic amines) is 1. The fourth-order valence-corrected chi connectivity index (χ4v) is 4.42. The number of ether oxygens (including phenoxy) is 1. The van der Waals surface area contributed by atoms with Gasteiger partial charge in [0.1, 0.15) is 17.5 Å². The SMILES string of the molecule is Cn1cccc1C(=O)N1C[C@H]2C[C@@H](Oc3cccc(Cl)c3)[C@H](O)C[C@H]2C1. The van der Waals surface area contributed by atoms with Crippen LogP contribution in [-0.4, -0.2) is 45.8 Å². The van der Waals surface area contributed by atoms with Gasteiger partial charge < -0.3 is 19.3 Å². The molecule has 2 aromatic rings. The predicted octanol–water partition coefficient (Wildman–Crippen LogP) is 2.97. The highest BCUT2D eigenvalue weighted by atomic mass is 35.5. The number of halogens is 1. The van der Waals surface area contributed by atoms with Crippen molar-refractivity contribution in [3.63, 3.8) is 0 Å². The van der Waals surface area contributed by atoms with E-state index >= 15 is 0 Å². The maximum atomic E-state index is 12.8. The molecule has 1 aromatic heterocycles. The van der Waals surface area contributed by atoms with E-state index in [0.29, 0.717) is 41.3 Å². The third-order valence-electron chi connectivity index (χ3n) is 5.62. The van der Waals surface area contributed by atoms with Gasteiger partial charge in [-0.1, -0.05) is 17.7 Å². The fraction of sp³-hybridized carbons (Fsp3) is 0.450. The summed E-state index contributed by atoms with van der Waals surface area (Å²) in [6.07, 6.45) is 2.50. The lowest BCUT2D eigenvalue weighted by Gasteiger charge is -2.35. The summed E-state index contributed by atoms with van der Waals surface area (Å²) in [6.45, 7) is 1.42. The van der Waals surface area contributed by atoms with Gasteiger partial charge in [0.05, 0.1) is 6.10 Å². The zero-order valence-corrected chi connectivity index (χ0v) is 15.5. The molecule has 2 aliphatic rings. The number of aryl methyl sites for hydroxylation is 1. The molecular weight excluding hydrogens is 352 g/mol. The Balaban J connectivity index is 1.43. The van der Waals surface area contributed by atoms with E-state index in [-0.39, 0.29) is 12.0 Å². The molecule has 4 atom stereocenters. The first kappa shape index (κ1) is 17.4. The summed E-state index contributed by atoms with van der Waals surface area (Å²) < 4.78 is 7.85. The molecule has 5 nitrogen and oxygen atoms in total. The molecule has 1 amide bonds. The maximum absolute atomic E-state index is 12.8. The third-order valence-corrected chi connectivity index (χ3v) is 5.85. The number of carbonyl (C=O) groups is 1. The van der Waals surface area contributed by atoms with Crippen molar-refractivity contribution in [1.29, 1.82) is 0 Å². The van der Waals surface area contributed by atoms with E-state index in [9.17, 15) is 9.90 Å². The quantitative estimate of drug-likeness (QED) is 0.898. The topological polar surface area (TPSA) is 54.7 Å². The molecule has 6 heteroatoms. The Kier molecular flexibility index (Phi) is 4.67. The van der Waals surface area contributed by atoms with Gasteiger partial charge in [0.2, 0.25) is 0 Å². The molecule has 4 rings (SSSR count). The summed E-state index contributed by atoms with van der Waals surface area (Å²) in [4.78, 5) is 14.7. The number of aromatic nitrogens is 1. The standard InChI is InChI=1S/C20H23ClN2O3/c1-22-7-3-6-17(22)20(25)23-11-13-8-18(24)19(9-14(13)12-23)26-16-5-2-4-15(21)10-16/h2-7,10,13-14,18-19,24H,8-9,11-12H2,1H3/t13-,14+,18+,19+/m0/s1. The van der Waals surface area contributed by atoms with Gasteiger partial charge in [-0.2, -0.15) is 0 Å². The number of rotatable bonds is 3. The Bertz CT molecular complexity index is 806. The molecule has 0 radical (unpaired) electrons. The molecule has 1 aliphatic carbocycles. The second kappa shape index (κ2) is 6.97. The van der Waals surface area contributed by atoms with E-state index in [0.717, 1.165) is 13.0 Å². The van der Waals surface area contributed by atoms with Gasteiger partial charge in [0.15, 0.2) is 0 Å². The van der Waals surface area contributed by atoms with Crippen molar-refractivity contribution in [2.45, 2.75) is 25.0 Å². The van der Waals surface area contributed by atoms with Crippen molar-refractivity contribution in [3.8, 4) is 5.75 Å². The average molecular weight is 375 g/mol. The lowest BCUT2D eigenvalue weighted by molar-refractivity contribution is -0.0231. The summed E-state index contributed by atoms with van der Waals surface area (Å²) in [5.74, 6) is 1.42. The fourth-order valence-electron chi connectivity index (χ4n) is 4.24. The lowest BCUT2D eigenvalue weighted by atomic mass is 9.78. The molecule has 0 spiro atoms. The van der Waals surface area contributed by atoms with Gasteiger partial charge in [0, 0.05) is 31.4 Å². The normalized spacial score (nSPS) is 28.0. The van der Waals surface area contributed by atoms with Gasteiger partial charge in [-0.3, -0.25) is 4.79 Å². The van der Waals surface area contributed by atoms with Crippen LogP contribution >= 0.6 is 11.6 Å². The number of aliphatic hydroxyl groups is 1. The second-order valence-corrected chi connectivity index (χ2v) is 7.82. The van der Waals surface area contributed by atoms with Gasteiger partial charge in [0.25, 0.3) is 5.91 Å². The third kappa shape index (κ3) is 3.33. The zero-order valence-electron chi connectivity index (χ0n) is 14.7. The first-order valence-electron chi connectivity index (χ1n) is 9.02. The summed E-state index contributed by atoms with van der Waals surface area (Å²) in [7, 11) is 1.88. The Hall–Kier alpha value is -1.98. The van der Waals surface area contributed by atoms with Crippen LogP contribution < -0.4 is 4.74 Å². The number of hydrogen-bond acceptors (Lipinski definition) is 3. The van der Waals surface area contributed by atoms with E-state index in [1.807, 2.05) is 47.0 Å². The van der Waals surface area contributed by atoms with E-state index in [1.54, 1.807) is 12.1 Å². The minimum Gasteiger partial charge on any atom is -0.488 e. The minimum atomic E-state index is -0.527. The zero-order chi connectivity index (χ0) is 18.3. The molecule has 1 aromatic carbocycles. The first-order valence-corrected chi connectivity index (χ1v) is 9.40. The Labute approximate surface area is 158 Å². The highest BCUT2D eigenvalue weighted by Crippen LogP contribution is 2.38. The number of fused-ring (bicyclic) bond motifs is 1. The number of aliphatic hydroxyl groups excluding tert-OH is 1. The number of carbonyl (C=O) groups excluding carboxylic acids is 1. The minimum absolute atomic E-state index is 0.0636. The highest BCUT2D eigenvalue weighted by molar-refractivity contribution is 6.30. The molecular formula is C20H23ClN2O3. The molecule has 26 heavy (non-hydrogen) atoms. The van der Waals surface area contributed by atoms with Crippen LogP contribution in [0.4, 0.5) is 0 Å². The molecule has 2 heterocycles. The van der Waals surface area contributed by atoms with Crippen LogP contribution in [0.1, 0.15) is 23.3 Å². The van der Waals surface area contributed by atoms with Crippen LogP contribution in [0.2, 0.25) is 5.02 Å². The average Bonchev–Trinajstić information content (AvgIpc) is 3.20.